The van der Waals surface area contributed by atoms with Crippen molar-refractivity contribution < 1.29 is 4.74 Å². The first-order valence-corrected chi connectivity index (χ1v) is 6.42. The van der Waals surface area contributed by atoms with Crippen molar-refractivity contribution in [1.82, 2.24) is 9.97 Å². The number of nitrogens with two attached hydrogens (primary N) is 2. The Kier molecular flexibility index (Phi) is 3.93. The van der Waals surface area contributed by atoms with Crippen LogP contribution in [0.15, 0.2) is 23.0 Å². The van der Waals surface area contributed by atoms with Crippen LogP contribution in [0.1, 0.15) is 18.9 Å². The third-order valence-corrected chi connectivity index (χ3v) is 2.84. The van der Waals surface area contributed by atoms with Gasteiger partial charge in [-0.3, -0.25) is 4.79 Å². The van der Waals surface area contributed by atoms with Crippen molar-refractivity contribution in [3.8, 4) is 17.1 Å². The fraction of sp³-hybridized carbons (Fsp3) is 0.286. The minimum absolute atomic E-state index is 0.0192. The fourth-order valence-electron chi connectivity index (χ4n) is 1.78. The summed E-state index contributed by atoms with van der Waals surface area (Å²) >= 11 is 0. The Balaban J connectivity index is 2.54. The molecular weight excluding hydrogens is 256 g/mol. The Morgan fingerprint density at radius 1 is 1.35 bits per heavy atom. The summed E-state index contributed by atoms with van der Waals surface area (Å²) < 4.78 is 5.70. The van der Waals surface area contributed by atoms with Gasteiger partial charge in [-0.2, -0.15) is 0 Å². The molecule has 6 heteroatoms. The molecule has 2 rings (SSSR count). The maximum Gasteiger partial charge on any atom is 0.276 e. The number of ether oxygens (including phenoxy) is 1. The summed E-state index contributed by atoms with van der Waals surface area (Å²) in [6.07, 6.45) is 0.890. The second-order valence-electron chi connectivity index (χ2n) is 4.56. The lowest BCUT2D eigenvalue weighted by atomic mass is 10.1. The van der Waals surface area contributed by atoms with Crippen LogP contribution in [0, 0.1) is 6.92 Å². The molecule has 0 aliphatic rings. The first kappa shape index (κ1) is 13.9. The van der Waals surface area contributed by atoms with Crippen molar-refractivity contribution in [1.29, 1.82) is 0 Å². The van der Waals surface area contributed by atoms with Gasteiger partial charge in [-0.25, -0.2) is 4.98 Å². The van der Waals surface area contributed by atoms with Crippen LogP contribution in [-0.4, -0.2) is 16.6 Å². The summed E-state index contributed by atoms with van der Waals surface area (Å²) in [4.78, 5) is 18.4. The minimum Gasteiger partial charge on any atom is -0.493 e. The Morgan fingerprint density at radius 2 is 2.10 bits per heavy atom. The Hall–Kier alpha value is -2.50. The van der Waals surface area contributed by atoms with Crippen molar-refractivity contribution in [3.63, 3.8) is 0 Å². The van der Waals surface area contributed by atoms with E-state index < -0.39 is 5.56 Å². The Bertz CT molecular complexity index is 679. The zero-order chi connectivity index (χ0) is 14.7. The van der Waals surface area contributed by atoms with E-state index in [1.165, 1.54) is 0 Å². The lowest BCUT2D eigenvalue weighted by Crippen LogP contribution is -2.17. The quantitative estimate of drug-likeness (QED) is 0.786. The SMILES string of the molecule is CCCOc1cc(C)ccc1-c1nc(N)c(N)c(=O)[nH]1. The number of rotatable bonds is 4. The summed E-state index contributed by atoms with van der Waals surface area (Å²) in [6.45, 7) is 4.58. The Morgan fingerprint density at radius 3 is 2.75 bits per heavy atom. The van der Waals surface area contributed by atoms with Crippen molar-refractivity contribution in [2.45, 2.75) is 20.3 Å². The summed E-state index contributed by atoms with van der Waals surface area (Å²) in [5.74, 6) is 1.04. The molecule has 0 atom stereocenters. The number of nitrogen functional groups attached to an aromatic ring is 2. The summed E-state index contributed by atoms with van der Waals surface area (Å²) in [7, 11) is 0. The number of nitrogens with one attached hydrogen (secondary N) is 1. The molecule has 1 aromatic carbocycles. The molecule has 106 valence electrons. The second kappa shape index (κ2) is 5.64. The molecule has 6 nitrogen and oxygen atoms in total. The first-order valence-electron chi connectivity index (χ1n) is 6.42. The zero-order valence-electron chi connectivity index (χ0n) is 11.6. The van der Waals surface area contributed by atoms with Crippen LogP contribution in [-0.2, 0) is 0 Å². The van der Waals surface area contributed by atoms with E-state index in [2.05, 4.69) is 9.97 Å². The molecule has 2 aromatic rings. The van der Waals surface area contributed by atoms with Crippen LogP contribution in [0.5, 0.6) is 5.75 Å². The van der Waals surface area contributed by atoms with Crippen LogP contribution in [0.25, 0.3) is 11.4 Å². The van der Waals surface area contributed by atoms with E-state index in [9.17, 15) is 4.79 Å². The van der Waals surface area contributed by atoms with E-state index >= 15 is 0 Å². The molecule has 0 bridgehead atoms. The topological polar surface area (TPSA) is 107 Å². The number of aromatic nitrogens is 2. The molecule has 5 N–H and O–H groups in total. The molecule has 0 saturated heterocycles. The molecule has 0 unspecified atom stereocenters. The van der Waals surface area contributed by atoms with E-state index in [-0.39, 0.29) is 11.5 Å². The van der Waals surface area contributed by atoms with Gasteiger partial charge in [0.1, 0.15) is 17.3 Å². The van der Waals surface area contributed by atoms with Crippen LogP contribution < -0.4 is 21.8 Å². The number of nitrogens with zero attached hydrogens (tertiary/aromatic N) is 1. The standard InChI is InChI=1S/C14H18N4O2/c1-3-6-20-10-7-8(2)4-5-9(10)13-17-12(16)11(15)14(19)18-13/h4-5,7H,3,6,15H2,1-2H3,(H3,16,17,18,19). The number of anilines is 2. The average Bonchev–Trinajstić information content (AvgIpc) is 2.42. The van der Waals surface area contributed by atoms with Crippen molar-refractivity contribution in [2.75, 3.05) is 18.1 Å². The average molecular weight is 274 g/mol. The summed E-state index contributed by atoms with van der Waals surface area (Å²) in [5, 5.41) is 0. The molecule has 0 fully saturated rings. The van der Waals surface area contributed by atoms with Crippen LogP contribution in [0.4, 0.5) is 11.5 Å². The van der Waals surface area contributed by atoms with Crippen LogP contribution >= 0.6 is 0 Å². The molecular formula is C14H18N4O2. The lowest BCUT2D eigenvalue weighted by Gasteiger charge is -2.12. The van der Waals surface area contributed by atoms with Gasteiger partial charge in [0.15, 0.2) is 5.82 Å². The monoisotopic (exact) mass is 274 g/mol. The second-order valence-corrected chi connectivity index (χ2v) is 4.56. The maximum absolute atomic E-state index is 11.7. The van der Waals surface area contributed by atoms with Gasteiger partial charge >= 0.3 is 0 Å². The molecule has 1 heterocycles. The summed E-state index contributed by atoms with van der Waals surface area (Å²) in [6, 6.07) is 5.66. The highest BCUT2D eigenvalue weighted by Crippen LogP contribution is 2.29. The van der Waals surface area contributed by atoms with E-state index in [0.717, 1.165) is 12.0 Å². The fourth-order valence-corrected chi connectivity index (χ4v) is 1.78. The normalized spacial score (nSPS) is 10.5. The lowest BCUT2D eigenvalue weighted by molar-refractivity contribution is 0.318. The molecule has 0 saturated carbocycles. The minimum atomic E-state index is -0.450. The molecule has 0 aliphatic heterocycles. The van der Waals surface area contributed by atoms with Crippen molar-refractivity contribution in [3.05, 3.63) is 34.1 Å². The highest BCUT2D eigenvalue weighted by Gasteiger charge is 2.12. The van der Waals surface area contributed by atoms with Gasteiger partial charge in [-0.15, -0.1) is 0 Å². The number of aryl methyl sites for hydroxylation is 1. The van der Waals surface area contributed by atoms with Gasteiger partial charge in [-0.05, 0) is 31.0 Å². The van der Waals surface area contributed by atoms with E-state index in [4.69, 9.17) is 16.2 Å². The predicted molar refractivity (Wildman–Crippen MR) is 79.6 cm³/mol. The predicted octanol–water partition coefficient (Wildman–Crippen LogP) is 1.70. The molecule has 20 heavy (non-hydrogen) atoms. The van der Waals surface area contributed by atoms with Gasteiger partial charge in [0, 0.05) is 0 Å². The maximum atomic E-state index is 11.7. The van der Waals surface area contributed by atoms with Crippen molar-refractivity contribution in [2.24, 2.45) is 0 Å². The molecule has 0 spiro atoms. The molecule has 0 radical (unpaired) electrons. The number of aromatic amines is 1. The van der Waals surface area contributed by atoms with Gasteiger partial charge < -0.3 is 21.2 Å². The van der Waals surface area contributed by atoms with E-state index in [0.29, 0.717) is 23.7 Å². The van der Waals surface area contributed by atoms with Gasteiger partial charge in [0.2, 0.25) is 0 Å². The highest BCUT2D eigenvalue weighted by molar-refractivity contribution is 5.68. The number of hydrogen-bond donors (Lipinski definition) is 3. The van der Waals surface area contributed by atoms with Crippen LogP contribution in [0.2, 0.25) is 0 Å². The Labute approximate surface area is 116 Å². The van der Waals surface area contributed by atoms with E-state index in [1.807, 2.05) is 32.0 Å². The number of H-pyrrole nitrogens is 1. The smallest absolute Gasteiger partial charge is 0.276 e. The van der Waals surface area contributed by atoms with Crippen LogP contribution in [0.3, 0.4) is 0 Å². The zero-order valence-corrected chi connectivity index (χ0v) is 11.6. The molecule has 0 amide bonds. The van der Waals surface area contributed by atoms with E-state index in [1.54, 1.807) is 0 Å². The molecule has 1 aromatic heterocycles. The first-order chi connectivity index (χ1) is 9.52. The highest BCUT2D eigenvalue weighted by atomic mass is 16.5. The number of benzene rings is 1. The summed E-state index contributed by atoms with van der Waals surface area (Å²) in [5.41, 5.74) is 12.4. The number of hydrogen-bond acceptors (Lipinski definition) is 5. The molecule has 0 aliphatic carbocycles. The van der Waals surface area contributed by atoms with Gasteiger partial charge in [0.25, 0.3) is 5.56 Å². The van der Waals surface area contributed by atoms with Crippen molar-refractivity contribution >= 4 is 11.5 Å². The third kappa shape index (κ3) is 2.74. The third-order valence-electron chi connectivity index (χ3n) is 2.84. The van der Waals surface area contributed by atoms with Gasteiger partial charge in [0.05, 0.1) is 12.2 Å². The van der Waals surface area contributed by atoms with Gasteiger partial charge in [-0.1, -0.05) is 13.0 Å². The largest absolute Gasteiger partial charge is 0.493 e.